The Bertz CT molecular complexity index is 598. The highest BCUT2D eigenvalue weighted by atomic mass is 35.5. The van der Waals surface area contributed by atoms with E-state index in [4.69, 9.17) is 0 Å². The number of nitrogens with zero attached hydrogens (tertiary/aromatic N) is 1. The molecule has 2 aromatic carbocycles. The molecule has 1 aliphatic rings. The molecular weight excluding hydrogens is 318 g/mol. The van der Waals surface area contributed by atoms with Crippen LogP contribution < -0.4 is 0 Å². The molecule has 0 bridgehead atoms. The van der Waals surface area contributed by atoms with Crippen molar-refractivity contribution >= 4 is 12.4 Å². The van der Waals surface area contributed by atoms with Gasteiger partial charge in [0.25, 0.3) is 0 Å². The van der Waals surface area contributed by atoms with Gasteiger partial charge in [-0.25, -0.2) is 0 Å². The standard InChI is InChI=1S/C21H27NO.ClH/c1-2-21(23,19-14-8-4-9-15-19)20(18-12-6-3-7-13-18)22-16-10-5-11-17-22;/h3-4,6-9,12-15,20,23H,2,5,10-11,16-17H2,1H3;1H. The lowest BCUT2D eigenvalue weighted by atomic mass is 9.79. The molecule has 24 heavy (non-hydrogen) atoms. The molecule has 0 radical (unpaired) electrons. The number of piperidine rings is 1. The second kappa shape index (κ2) is 8.66. The zero-order valence-corrected chi connectivity index (χ0v) is 15.2. The Kier molecular flexibility index (Phi) is 6.85. The minimum atomic E-state index is -0.861. The predicted molar refractivity (Wildman–Crippen MR) is 102 cm³/mol. The predicted octanol–water partition coefficient (Wildman–Crippen LogP) is 4.93. The van der Waals surface area contributed by atoms with E-state index < -0.39 is 5.60 Å². The van der Waals surface area contributed by atoms with Crippen molar-refractivity contribution in [1.29, 1.82) is 0 Å². The van der Waals surface area contributed by atoms with Crippen LogP contribution in [0.5, 0.6) is 0 Å². The van der Waals surface area contributed by atoms with Crippen molar-refractivity contribution in [2.75, 3.05) is 13.1 Å². The van der Waals surface area contributed by atoms with Crippen molar-refractivity contribution in [3.05, 3.63) is 71.8 Å². The summed E-state index contributed by atoms with van der Waals surface area (Å²) in [7, 11) is 0. The van der Waals surface area contributed by atoms with Crippen LogP contribution in [0.25, 0.3) is 0 Å². The molecule has 2 aromatic rings. The monoisotopic (exact) mass is 345 g/mol. The number of halogens is 1. The SMILES string of the molecule is CCC(O)(c1ccccc1)C(c1ccccc1)N1CCCCC1.Cl. The Morgan fingerprint density at radius 3 is 2.00 bits per heavy atom. The minimum Gasteiger partial charge on any atom is -0.383 e. The third-order valence-corrected chi connectivity index (χ3v) is 5.14. The van der Waals surface area contributed by atoms with Crippen LogP contribution in [-0.4, -0.2) is 23.1 Å². The summed E-state index contributed by atoms with van der Waals surface area (Å²) in [5.74, 6) is 0. The van der Waals surface area contributed by atoms with Gasteiger partial charge in [-0.05, 0) is 43.5 Å². The molecule has 0 aliphatic carbocycles. The highest BCUT2D eigenvalue weighted by Gasteiger charge is 2.41. The number of hydrogen-bond acceptors (Lipinski definition) is 2. The largest absolute Gasteiger partial charge is 0.383 e. The summed E-state index contributed by atoms with van der Waals surface area (Å²) in [5, 5.41) is 11.7. The first-order chi connectivity index (χ1) is 11.3. The van der Waals surface area contributed by atoms with E-state index in [0.29, 0.717) is 6.42 Å². The first kappa shape index (κ1) is 19.0. The molecule has 2 atom stereocenters. The maximum Gasteiger partial charge on any atom is 0.109 e. The molecule has 0 saturated carbocycles. The second-order valence-corrected chi connectivity index (χ2v) is 6.55. The van der Waals surface area contributed by atoms with E-state index in [1.165, 1.54) is 24.8 Å². The van der Waals surface area contributed by atoms with Crippen molar-refractivity contribution < 1.29 is 5.11 Å². The molecule has 1 aliphatic heterocycles. The highest BCUT2D eigenvalue weighted by molar-refractivity contribution is 5.85. The van der Waals surface area contributed by atoms with E-state index in [9.17, 15) is 5.11 Å². The van der Waals surface area contributed by atoms with E-state index in [2.05, 4.69) is 48.2 Å². The van der Waals surface area contributed by atoms with Crippen molar-refractivity contribution in [3.8, 4) is 0 Å². The molecule has 0 aromatic heterocycles. The normalized spacial score (nSPS) is 19.1. The maximum absolute atomic E-state index is 11.7. The minimum absolute atomic E-state index is 0. The van der Waals surface area contributed by atoms with Crippen LogP contribution in [0, 0.1) is 0 Å². The number of hydrogen-bond donors (Lipinski definition) is 1. The molecular formula is C21H28ClNO. The quantitative estimate of drug-likeness (QED) is 0.830. The van der Waals surface area contributed by atoms with Gasteiger partial charge in [0, 0.05) is 0 Å². The average Bonchev–Trinajstić information content (AvgIpc) is 2.64. The molecule has 0 spiro atoms. The van der Waals surface area contributed by atoms with E-state index >= 15 is 0 Å². The number of rotatable bonds is 5. The van der Waals surface area contributed by atoms with E-state index in [-0.39, 0.29) is 18.4 Å². The van der Waals surface area contributed by atoms with Gasteiger partial charge in [0.2, 0.25) is 0 Å². The zero-order valence-electron chi connectivity index (χ0n) is 14.4. The third kappa shape index (κ3) is 3.83. The van der Waals surface area contributed by atoms with Gasteiger partial charge in [0.05, 0.1) is 6.04 Å². The highest BCUT2D eigenvalue weighted by Crippen LogP contribution is 2.42. The fourth-order valence-electron chi connectivity index (χ4n) is 3.88. The van der Waals surface area contributed by atoms with Crippen molar-refractivity contribution in [2.45, 2.75) is 44.2 Å². The zero-order chi connectivity index (χ0) is 16.1. The summed E-state index contributed by atoms with van der Waals surface area (Å²) >= 11 is 0. The lowest BCUT2D eigenvalue weighted by Crippen LogP contribution is -2.46. The average molecular weight is 346 g/mol. The van der Waals surface area contributed by atoms with Crippen LogP contribution in [0.1, 0.15) is 49.8 Å². The number of likely N-dealkylation sites (tertiary alicyclic amines) is 1. The number of aliphatic hydroxyl groups is 1. The fraction of sp³-hybridized carbons (Fsp3) is 0.429. The molecule has 3 heteroatoms. The molecule has 3 rings (SSSR count). The third-order valence-electron chi connectivity index (χ3n) is 5.14. The Balaban J connectivity index is 0.00000208. The molecule has 1 fully saturated rings. The van der Waals surface area contributed by atoms with Crippen LogP contribution in [0.3, 0.4) is 0 Å². The van der Waals surface area contributed by atoms with Crippen LogP contribution in [-0.2, 0) is 5.60 Å². The van der Waals surface area contributed by atoms with Crippen molar-refractivity contribution in [1.82, 2.24) is 4.90 Å². The van der Waals surface area contributed by atoms with Crippen molar-refractivity contribution in [2.24, 2.45) is 0 Å². The van der Waals surface area contributed by atoms with Gasteiger partial charge in [-0.3, -0.25) is 4.90 Å². The second-order valence-electron chi connectivity index (χ2n) is 6.55. The molecule has 0 amide bonds. The molecule has 1 saturated heterocycles. The van der Waals surface area contributed by atoms with Crippen LogP contribution in [0.2, 0.25) is 0 Å². The van der Waals surface area contributed by atoms with E-state index in [1.807, 2.05) is 24.3 Å². The first-order valence-corrected chi connectivity index (χ1v) is 8.82. The van der Waals surface area contributed by atoms with Gasteiger partial charge in [-0.2, -0.15) is 0 Å². The summed E-state index contributed by atoms with van der Waals surface area (Å²) < 4.78 is 0. The first-order valence-electron chi connectivity index (χ1n) is 8.82. The Morgan fingerprint density at radius 2 is 1.46 bits per heavy atom. The van der Waals surface area contributed by atoms with Gasteiger partial charge in [0.1, 0.15) is 5.60 Å². The lowest BCUT2D eigenvalue weighted by molar-refractivity contribution is -0.0641. The van der Waals surface area contributed by atoms with Crippen LogP contribution in [0.4, 0.5) is 0 Å². The Morgan fingerprint density at radius 1 is 0.917 bits per heavy atom. The Hall–Kier alpha value is -1.35. The van der Waals surface area contributed by atoms with Crippen molar-refractivity contribution in [3.63, 3.8) is 0 Å². The summed E-state index contributed by atoms with van der Waals surface area (Å²) in [5.41, 5.74) is 1.37. The molecule has 2 nitrogen and oxygen atoms in total. The topological polar surface area (TPSA) is 23.5 Å². The molecule has 1 heterocycles. The smallest absolute Gasteiger partial charge is 0.109 e. The van der Waals surface area contributed by atoms with Crippen LogP contribution >= 0.6 is 12.4 Å². The van der Waals surface area contributed by atoms with Gasteiger partial charge >= 0.3 is 0 Å². The van der Waals surface area contributed by atoms with Crippen LogP contribution in [0.15, 0.2) is 60.7 Å². The van der Waals surface area contributed by atoms with Gasteiger partial charge in [0.15, 0.2) is 0 Å². The van der Waals surface area contributed by atoms with E-state index in [1.54, 1.807) is 0 Å². The maximum atomic E-state index is 11.7. The number of benzene rings is 2. The lowest BCUT2D eigenvalue weighted by Gasteiger charge is -2.44. The molecule has 1 N–H and O–H groups in total. The Labute approximate surface area is 151 Å². The van der Waals surface area contributed by atoms with Gasteiger partial charge < -0.3 is 5.11 Å². The summed E-state index contributed by atoms with van der Waals surface area (Å²) in [6.45, 7) is 4.22. The molecule has 2 unspecified atom stereocenters. The van der Waals surface area contributed by atoms with E-state index in [0.717, 1.165) is 18.7 Å². The fourth-order valence-corrected chi connectivity index (χ4v) is 3.88. The summed E-state index contributed by atoms with van der Waals surface area (Å²) in [6, 6.07) is 20.7. The summed E-state index contributed by atoms with van der Waals surface area (Å²) in [6.07, 6.45) is 4.44. The molecule has 130 valence electrons. The summed E-state index contributed by atoms with van der Waals surface area (Å²) in [4.78, 5) is 2.48. The van der Waals surface area contributed by atoms with Gasteiger partial charge in [-0.1, -0.05) is 74.0 Å². The van der Waals surface area contributed by atoms with Gasteiger partial charge in [-0.15, -0.1) is 12.4 Å².